The van der Waals surface area contributed by atoms with Crippen LogP contribution < -0.4 is 5.32 Å². The molecule has 0 bridgehead atoms. The Morgan fingerprint density at radius 1 is 1.48 bits per heavy atom. The van der Waals surface area contributed by atoms with Crippen LogP contribution in [-0.2, 0) is 9.59 Å². The molecule has 3 heterocycles. The molecule has 0 spiro atoms. The van der Waals surface area contributed by atoms with Gasteiger partial charge in [0.05, 0.1) is 11.6 Å². The number of carbonyl (C=O) groups is 2. The number of aromatic nitrogens is 4. The fourth-order valence-corrected chi connectivity index (χ4v) is 2.72. The molecule has 2 amide bonds. The molecule has 0 saturated carbocycles. The summed E-state index contributed by atoms with van der Waals surface area (Å²) in [6.07, 6.45) is 1.65. The van der Waals surface area contributed by atoms with E-state index in [4.69, 9.17) is 0 Å². The summed E-state index contributed by atoms with van der Waals surface area (Å²) in [5.74, 6) is 1.26. The molecule has 3 rings (SSSR count). The largest absolute Gasteiger partial charge is 0.323 e. The van der Waals surface area contributed by atoms with Crippen LogP contribution in [0.15, 0.2) is 24.4 Å². The van der Waals surface area contributed by atoms with Crippen LogP contribution in [0.4, 0.5) is 5.95 Å². The first-order valence-corrected chi connectivity index (χ1v) is 7.37. The number of rotatable bonds is 4. The maximum atomic E-state index is 11.8. The molecule has 108 valence electrons. The number of nitrogens with zero attached hydrogens (tertiary/aromatic N) is 4. The number of hydrogen-bond acceptors (Lipinski definition) is 6. The number of hydrogen-bond donors (Lipinski definition) is 2. The summed E-state index contributed by atoms with van der Waals surface area (Å²) >= 11 is 1.49. The quantitative estimate of drug-likeness (QED) is 0.844. The molecule has 9 heteroatoms. The summed E-state index contributed by atoms with van der Waals surface area (Å²) < 4.78 is 0. The van der Waals surface area contributed by atoms with Gasteiger partial charge in [-0.1, -0.05) is 6.07 Å². The third kappa shape index (κ3) is 3.19. The SMILES string of the molecule is O=C(CN1CSCC1=O)Nc1n[nH]c(-c2ccccn2)n1. The normalized spacial score (nSPS) is 14.5. The highest BCUT2D eigenvalue weighted by atomic mass is 32.2. The average molecular weight is 304 g/mol. The zero-order valence-electron chi connectivity index (χ0n) is 10.9. The first-order chi connectivity index (χ1) is 10.2. The van der Waals surface area contributed by atoms with Gasteiger partial charge in [-0.05, 0) is 12.1 Å². The van der Waals surface area contributed by atoms with Crippen LogP contribution >= 0.6 is 11.8 Å². The van der Waals surface area contributed by atoms with E-state index >= 15 is 0 Å². The second kappa shape index (κ2) is 5.92. The summed E-state index contributed by atoms with van der Waals surface area (Å²) in [5, 5.41) is 9.17. The van der Waals surface area contributed by atoms with E-state index in [1.54, 1.807) is 18.3 Å². The Hall–Kier alpha value is -2.42. The zero-order chi connectivity index (χ0) is 14.7. The third-order valence-corrected chi connectivity index (χ3v) is 3.75. The molecule has 0 aliphatic carbocycles. The lowest BCUT2D eigenvalue weighted by Crippen LogP contribution is -2.34. The summed E-state index contributed by atoms with van der Waals surface area (Å²) in [4.78, 5) is 33.0. The van der Waals surface area contributed by atoms with Gasteiger partial charge in [0.25, 0.3) is 0 Å². The summed E-state index contributed by atoms with van der Waals surface area (Å²) in [7, 11) is 0. The minimum atomic E-state index is -0.322. The number of anilines is 1. The summed E-state index contributed by atoms with van der Waals surface area (Å²) in [5.41, 5.74) is 0.636. The molecule has 0 unspecified atom stereocenters. The molecule has 0 aromatic carbocycles. The van der Waals surface area contributed by atoms with Crippen molar-refractivity contribution in [3.05, 3.63) is 24.4 Å². The van der Waals surface area contributed by atoms with Crippen molar-refractivity contribution < 1.29 is 9.59 Å². The second-order valence-corrected chi connectivity index (χ2v) is 5.30. The van der Waals surface area contributed by atoms with Crippen molar-refractivity contribution >= 4 is 29.5 Å². The third-order valence-electron chi connectivity index (χ3n) is 2.80. The Bertz CT molecular complexity index is 659. The Morgan fingerprint density at radius 2 is 2.38 bits per heavy atom. The van der Waals surface area contributed by atoms with Gasteiger partial charge in [0.1, 0.15) is 12.2 Å². The minimum Gasteiger partial charge on any atom is -0.323 e. The van der Waals surface area contributed by atoms with Crippen molar-refractivity contribution in [1.29, 1.82) is 0 Å². The number of carbonyl (C=O) groups excluding carboxylic acids is 2. The van der Waals surface area contributed by atoms with Crippen molar-refractivity contribution in [3.63, 3.8) is 0 Å². The van der Waals surface area contributed by atoms with Crippen LogP contribution in [0, 0.1) is 0 Å². The predicted octanol–water partition coefficient (Wildman–Crippen LogP) is 0.338. The standard InChI is InChI=1S/C12H12N6O2S/c19-9(5-18-7-21-6-10(18)20)14-12-15-11(16-17-12)8-3-1-2-4-13-8/h1-4H,5-7H2,(H2,14,15,16,17,19). The van der Waals surface area contributed by atoms with E-state index in [0.717, 1.165) is 0 Å². The Kier molecular flexibility index (Phi) is 3.82. The van der Waals surface area contributed by atoms with Crippen LogP contribution in [0.1, 0.15) is 0 Å². The zero-order valence-corrected chi connectivity index (χ0v) is 11.8. The van der Waals surface area contributed by atoms with E-state index in [-0.39, 0.29) is 24.3 Å². The topological polar surface area (TPSA) is 104 Å². The Labute approximate surface area is 124 Å². The van der Waals surface area contributed by atoms with E-state index in [9.17, 15) is 9.59 Å². The lowest BCUT2D eigenvalue weighted by Gasteiger charge is -2.12. The lowest BCUT2D eigenvalue weighted by molar-refractivity contribution is -0.130. The molecule has 2 N–H and O–H groups in total. The van der Waals surface area contributed by atoms with Gasteiger partial charge in [-0.15, -0.1) is 16.9 Å². The Balaban J connectivity index is 1.62. The van der Waals surface area contributed by atoms with Crippen molar-refractivity contribution in [3.8, 4) is 11.5 Å². The summed E-state index contributed by atoms with van der Waals surface area (Å²) in [6, 6.07) is 5.42. The van der Waals surface area contributed by atoms with Gasteiger partial charge in [-0.3, -0.25) is 25.0 Å². The van der Waals surface area contributed by atoms with Gasteiger partial charge in [0, 0.05) is 6.20 Å². The summed E-state index contributed by atoms with van der Waals surface area (Å²) in [6.45, 7) is 0.0132. The molecule has 0 radical (unpaired) electrons. The number of thioether (sulfide) groups is 1. The molecular formula is C12H12N6O2S. The van der Waals surface area contributed by atoms with Crippen LogP contribution in [0.3, 0.4) is 0 Å². The number of pyridine rings is 1. The molecule has 1 saturated heterocycles. The molecule has 8 nitrogen and oxygen atoms in total. The predicted molar refractivity (Wildman–Crippen MR) is 77.3 cm³/mol. The molecule has 1 aliphatic heterocycles. The lowest BCUT2D eigenvalue weighted by atomic mass is 10.3. The maximum Gasteiger partial charge on any atom is 0.249 e. The molecule has 2 aromatic heterocycles. The molecule has 2 aromatic rings. The minimum absolute atomic E-state index is 0.0132. The average Bonchev–Trinajstić information content (AvgIpc) is 3.10. The van der Waals surface area contributed by atoms with Gasteiger partial charge >= 0.3 is 0 Å². The number of H-pyrrole nitrogens is 1. The van der Waals surface area contributed by atoms with E-state index in [1.165, 1.54) is 16.7 Å². The van der Waals surface area contributed by atoms with E-state index in [2.05, 4.69) is 25.5 Å². The molecule has 21 heavy (non-hydrogen) atoms. The first kappa shape index (κ1) is 13.6. The highest BCUT2D eigenvalue weighted by Crippen LogP contribution is 2.15. The van der Waals surface area contributed by atoms with E-state index in [1.807, 2.05) is 6.07 Å². The van der Waals surface area contributed by atoms with Crippen molar-refractivity contribution in [2.75, 3.05) is 23.5 Å². The molecule has 0 atom stereocenters. The number of amides is 2. The van der Waals surface area contributed by atoms with Gasteiger partial charge in [0.2, 0.25) is 17.8 Å². The van der Waals surface area contributed by atoms with Gasteiger partial charge in [0.15, 0.2) is 5.82 Å². The second-order valence-electron chi connectivity index (χ2n) is 4.34. The number of aromatic amines is 1. The van der Waals surface area contributed by atoms with Gasteiger partial charge < -0.3 is 4.90 Å². The fraction of sp³-hybridized carbons (Fsp3) is 0.250. The Morgan fingerprint density at radius 3 is 3.10 bits per heavy atom. The van der Waals surface area contributed by atoms with Crippen molar-refractivity contribution in [1.82, 2.24) is 25.1 Å². The molecular weight excluding hydrogens is 292 g/mol. The van der Waals surface area contributed by atoms with Gasteiger partial charge in [-0.2, -0.15) is 4.98 Å². The fourth-order valence-electron chi connectivity index (χ4n) is 1.81. The van der Waals surface area contributed by atoms with Gasteiger partial charge in [-0.25, -0.2) is 0 Å². The first-order valence-electron chi connectivity index (χ1n) is 6.21. The van der Waals surface area contributed by atoms with Crippen LogP contribution in [0.25, 0.3) is 11.5 Å². The molecule has 1 aliphatic rings. The highest BCUT2D eigenvalue weighted by molar-refractivity contribution is 8.00. The van der Waals surface area contributed by atoms with E-state index < -0.39 is 0 Å². The molecule has 1 fully saturated rings. The van der Waals surface area contributed by atoms with Crippen LogP contribution in [-0.4, -0.2) is 55.1 Å². The van der Waals surface area contributed by atoms with Crippen molar-refractivity contribution in [2.45, 2.75) is 0 Å². The van der Waals surface area contributed by atoms with Crippen LogP contribution in [0.2, 0.25) is 0 Å². The monoisotopic (exact) mass is 304 g/mol. The van der Waals surface area contributed by atoms with E-state index in [0.29, 0.717) is 23.1 Å². The highest BCUT2D eigenvalue weighted by Gasteiger charge is 2.23. The smallest absolute Gasteiger partial charge is 0.249 e. The maximum absolute atomic E-state index is 11.8. The number of nitrogens with one attached hydrogen (secondary N) is 2. The van der Waals surface area contributed by atoms with Crippen molar-refractivity contribution in [2.24, 2.45) is 0 Å². The van der Waals surface area contributed by atoms with Crippen LogP contribution in [0.5, 0.6) is 0 Å².